The fourth-order valence-electron chi connectivity index (χ4n) is 2.09. The molecule has 0 spiro atoms. The first-order valence-corrected chi connectivity index (χ1v) is 7.09. The number of aryl methyl sites for hydroxylation is 1. The fraction of sp³-hybridized carbons (Fsp3) is 0.625. The molecule has 0 saturated heterocycles. The van der Waals surface area contributed by atoms with Crippen LogP contribution in [-0.2, 0) is 13.0 Å². The normalized spacial score (nSPS) is 12.7. The molecule has 0 aliphatic heterocycles. The van der Waals surface area contributed by atoms with Crippen LogP contribution in [0.4, 0.5) is 0 Å². The van der Waals surface area contributed by atoms with Gasteiger partial charge >= 0.3 is 0 Å². The smallest absolute Gasteiger partial charge is 0.123 e. The van der Waals surface area contributed by atoms with Gasteiger partial charge in [0, 0.05) is 25.3 Å². The van der Waals surface area contributed by atoms with E-state index in [0.717, 1.165) is 25.3 Å². The monoisotopic (exact) mass is 265 g/mol. The molecule has 1 aromatic rings. The number of aliphatic hydroxyl groups is 1. The number of hydrogen-bond donors (Lipinski definition) is 2. The topological polar surface area (TPSA) is 41.5 Å². The van der Waals surface area contributed by atoms with E-state index in [1.54, 1.807) is 7.11 Å². The Balaban J connectivity index is 2.60. The highest BCUT2D eigenvalue weighted by atomic mass is 16.5. The Kier molecular flexibility index (Phi) is 6.89. The first-order chi connectivity index (χ1) is 9.12. The molecule has 1 atom stereocenters. The van der Waals surface area contributed by atoms with E-state index in [1.165, 1.54) is 11.1 Å². The number of rotatable bonds is 8. The minimum atomic E-state index is 0.233. The molecule has 0 aliphatic rings. The highest BCUT2D eigenvalue weighted by Crippen LogP contribution is 2.20. The molecular formula is C16H27NO2. The third-order valence-corrected chi connectivity index (χ3v) is 3.65. The van der Waals surface area contributed by atoms with Crippen molar-refractivity contribution < 1.29 is 9.84 Å². The Hall–Kier alpha value is -1.06. The predicted octanol–water partition coefficient (Wildman–Crippen LogP) is 2.61. The summed E-state index contributed by atoms with van der Waals surface area (Å²) in [5.74, 6) is 1.72. The van der Waals surface area contributed by atoms with Crippen LogP contribution < -0.4 is 10.1 Å². The lowest BCUT2D eigenvalue weighted by molar-refractivity contribution is 0.186. The molecule has 3 nitrogen and oxygen atoms in total. The van der Waals surface area contributed by atoms with Gasteiger partial charge in [0.15, 0.2) is 0 Å². The van der Waals surface area contributed by atoms with Crippen LogP contribution in [0.15, 0.2) is 18.2 Å². The van der Waals surface area contributed by atoms with Gasteiger partial charge in [-0.15, -0.1) is 0 Å². The highest BCUT2D eigenvalue weighted by molar-refractivity contribution is 5.37. The van der Waals surface area contributed by atoms with Gasteiger partial charge in [0.1, 0.15) is 5.75 Å². The van der Waals surface area contributed by atoms with E-state index in [4.69, 9.17) is 4.74 Å². The Labute approximate surface area is 117 Å². The summed E-state index contributed by atoms with van der Waals surface area (Å²) in [7, 11) is 1.70. The molecule has 0 aliphatic carbocycles. The van der Waals surface area contributed by atoms with Crippen molar-refractivity contribution in [1.82, 2.24) is 5.32 Å². The second-order valence-electron chi connectivity index (χ2n) is 5.32. The van der Waals surface area contributed by atoms with Crippen molar-refractivity contribution in [1.29, 1.82) is 0 Å². The first kappa shape index (κ1) is 16.0. The van der Waals surface area contributed by atoms with E-state index >= 15 is 0 Å². The quantitative estimate of drug-likeness (QED) is 0.759. The molecule has 0 bridgehead atoms. The maximum Gasteiger partial charge on any atom is 0.123 e. The van der Waals surface area contributed by atoms with Crippen molar-refractivity contribution in [2.75, 3.05) is 20.3 Å². The van der Waals surface area contributed by atoms with Crippen molar-refractivity contribution in [2.45, 2.75) is 33.7 Å². The molecule has 0 heterocycles. The van der Waals surface area contributed by atoms with Crippen molar-refractivity contribution in [2.24, 2.45) is 11.8 Å². The molecule has 0 radical (unpaired) electrons. The number of nitrogens with one attached hydrogen (secondary N) is 1. The Bertz CT molecular complexity index is 377. The van der Waals surface area contributed by atoms with Gasteiger partial charge in [-0.1, -0.05) is 32.9 Å². The molecule has 1 unspecified atom stereocenters. The van der Waals surface area contributed by atoms with Crippen LogP contribution in [0.25, 0.3) is 0 Å². The van der Waals surface area contributed by atoms with E-state index in [1.807, 2.05) is 6.07 Å². The van der Waals surface area contributed by atoms with E-state index in [2.05, 4.69) is 38.2 Å². The molecule has 2 N–H and O–H groups in total. The molecule has 1 rings (SSSR count). The van der Waals surface area contributed by atoms with Crippen LogP contribution in [0.2, 0.25) is 0 Å². The standard InChI is InChI=1S/C16H27NO2/c1-5-13-6-7-16(19-4)14(8-13)9-17-10-15(11-18)12(2)3/h6-8,12,15,17-18H,5,9-11H2,1-4H3. The van der Waals surface area contributed by atoms with Crippen LogP contribution in [0.5, 0.6) is 5.75 Å². The van der Waals surface area contributed by atoms with Crippen molar-refractivity contribution in [3.63, 3.8) is 0 Å². The lowest BCUT2D eigenvalue weighted by Gasteiger charge is -2.19. The molecule has 3 heteroatoms. The molecule has 0 aromatic heterocycles. The van der Waals surface area contributed by atoms with E-state index in [0.29, 0.717) is 11.8 Å². The molecule has 1 aromatic carbocycles. The number of methoxy groups -OCH3 is 1. The number of ether oxygens (including phenoxy) is 1. The lowest BCUT2D eigenvalue weighted by Crippen LogP contribution is -2.28. The van der Waals surface area contributed by atoms with Crippen molar-refractivity contribution in [3.05, 3.63) is 29.3 Å². The molecular weight excluding hydrogens is 238 g/mol. The number of hydrogen-bond acceptors (Lipinski definition) is 3. The van der Waals surface area contributed by atoms with E-state index in [-0.39, 0.29) is 6.61 Å². The maximum atomic E-state index is 9.31. The first-order valence-electron chi connectivity index (χ1n) is 7.09. The molecule has 0 saturated carbocycles. The zero-order valence-electron chi connectivity index (χ0n) is 12.6. The van der Waals surface area contributed by atoms with Crippen LogP contribution >= 0.6 is 0 Å². The van der Waals surface area contributed by atoms with Gasteiger partial charge < -0.3 is 15.2 Å². The van der Waals surface area contributed by atoms with Gasteiger partial charge in [-0.2, -0.15) is 0 Å². The van der Waals surface area contributed by atoms with Gasteiger partial charge in [0.2, 0.25) is 0 Å². The van der Waals surface area contributed by atoms with Crippen LogP contribution in [0.3, 0.4) is 0 Å². The third-order valence-electron chi connectivity index (χ3n) is 3.65. The third kappa shape index (κ3) is 4.84. The Morgan fingerprint density at radius 1 is 1.32 bits per heavy atom. The summed E-state index contributed by atoms with van der Waals surface area (Å²) in [6.07, 6.45) is 1.03. The average molecular weight is 265 g/mol. The summed E-state index contributed by atoms with van der Waals surface area (Å²) in [5, 5.41) is 12.7. The zero-order chi connectivity index (χ0) is 14.3. The van der Waals surface area contributed by atoms with Gasteiger partial charge in [-0.05, 0) is 29.9 Å². The number of aliphatic hydroxyl groups excluding tert-OH is 1. The summed E-state index contributed by atoms with van der Waals surface area (Å²) in [6.45, 7) is 8.27. The number of benzene rings is 1. The predicted molar refractivity (Wildman–Crippen MR) is 79.5 cm³/mol. The minimum Gasteiger partial charge on any atom is -0.496 e. The average Bonchev–Trinajstić information content (AvgIpc) is 2.42. The maximum absolute atomic E-state index is 9.31. The van der Waals surface area contributed by atoms with Gasteiger partial charge in [-0.25, -0.2) is 0 Å². The van der Waals surface area contributed by atoms with E-state index < -0.39 is 0 Å². The van der Waals surface area contributed by atoms with Gasteiger partial charge in [-0.3, -0.25) is 0 Å². The molecule has 108 valence electrons. The summed E-state index contributed by atoms with van der Waals surface area (Å²) in [6, 6.07) is 6.32. The van der Waals surface area contributed by atoms with Crippen LogP contribution in [-0.4, -0.2) is 25.4 Å². The molecule has 0 amide bonds. The zero-order valence-corrected chi connectivity index (χ0v) is 12.6. The lowest BCUT2D eigenvalue weighted by atomic mass is 9.97. The second-order valence-corrected chi connectivity index (χ2v) is 5.32. The minimum absolute atomic E-state index is 0.233. The molecule has 19 heavy (non-hydrogen) atoms. The summed E-state index contributed by atoms with van der Waals surface area (Å²) < 4.78 is 5.39. The van der Waals surface area contributed by atoms with Gasteiger partial charge in [0.05, 0.1) is 7.11 Å². The summed E-state index contributed by atoms with van der Waals surface area (Å²) in [4.78, 5) is 0. The van der Waals surface area contributed by atoms with Crippen LogP contribution in [0.1, 0.15) is 31.9 Å². The van der Waals surface area contributed by atoms with E-state index in [9.17, 15) is 5.11 Å². The Morgan fingerprint density at radius 2 is 2.05 bits per heavy atom. The SMILES string of the molecule is CCc1ccc(OC)c(CNCC(CO)C(C)C)c1. The second kappa shape index (κ2) is 8.18. The van der Waals surface area contributed by atoms with Crippen LogP contribution in [0, 0.1) is 11.8 Å². The molecule has 0 fully saturated rings. The van der Waals surface area contributed by atoms with Gasteiger partial charge in [0.25, 0.3) is 0 Å². The fourth-order valence-corrected chi connectivity index (χ4v) is 2.09. The largest absolute Gasteiger partial charge is 0.496 e. The Morgan fingerprint density at radius 3 is 2.58 bits per heavy atom. The highest BCUT2D eigenvalue weighted by Gasteiger charge is 2.12. The summed E-state index contributed by atoms with van der Waals surface area (Å²) in [5.41, 5.74) is 2.50. The van der Waals surface area contributed by atoms with Crippen molar-refractivity contribution >= 4 is 0 Å². The van der Waals surface area contributed by atoms with Crippen molar-refractivity contribution in [3.8, 4) is 5.75 Å². The summed E-state index contributed by atoms with van der Waals surface area (Å²) >= 11 is 0.